The molecule has 0 bridgehead atoms. The highest BCUT2D eigenvalue weighted by Crippen LogP contribution is 2.32. The number of hydrogen-bond acceptors (Lipinski definition) is 2. The number of allylic oxidation sites excluding steroid dienone is 1. The van der Waals surface area contributed by atoms with Crippen molar-refractivity contribution in [1.82, 2.24) is 0 Å². The Morgan fingerprint density at radius 3 is 1.97 bits per heavy atom. The van der Waals surface area contributed by atoms with Crippen molar-refractivity contribution < 1.29 is 9.47 Å². The second-order valence-electron chi connectivity index (χ2n) is 9.46. The van der Waals surface area contributed by atoms with Crippen molar-refractivity contribution in [1.29, 1.82) is 0 Å². The Morgan fingerprint density at radius 1 is 0.710 bits per heavy atom. The van der Waals surface area contributed by atoms with Gasteiger partial charge in [-0.1, -0.05) is 90.2 Å². The van der Waals surface area contributed by atoms with Crippen molar-refractivity contribution in [2.75, 3.05) is 13.2 Å². The lowest BCUT2D eigenvalue weighted by Crippen LogP contribution is -2.13. The summed E-state index contributed by atoms with van der Waals surface area (Å²) in [6, 6.07) is 8.10. The van der Waals surface area contributed by atoms with Gasteiger partial charge in [-0.3, -0.25) is 0 Å². The Morgan fingerprint density at radius 2 is 1.29 bits per heavy atom. The highest BCUT2D eigenvalue weighted by atomic mass is 16.5. The minimum Gasteiger partial charge on any atom is -0.494 e. The molecule has 0 unspecified atom stereocenters. The Kier molecular flexibility index (Phi) is 14.3. The van der Waals surface area contributed by atoms with Crippen LogP contribution in [0.3, 0.4) is 0 Å². The molecule has 31 heavy (non-hydrogen) atoms. The fourth-order valence-electron chi connectivity index (χ4n) is 4.63. The molecular weight excluding hydrogens is 380 g/mol. The molecule has 0 N–H and O–H groups in total. The summed E-state index contributed by atoms with van der Waals surface area (Å²) in [7, 11) is 0. The van der Waals surface area contributed by atoms with Crippen LogP contribution in [0.4, 0.5) is 0 Å². The Balaban J connectivity index is 1.51. The zero-order chi connectivity index (χ0) is 22.0. The summed E-state index contributed by atoms with van der Waals surface area (Å²) < 4.78 is 11.7. The first-order chi connectivity index (χ1) is 15.3. The van der Waals surface area contributed by atoms with Crippen LogP contribution in [0.5, 0.6) is 11.5 Å². The molecule has 0 heterocycles. The van der Waals surface area contributed by atoms with Crippen molar-refractivity contribution >= 4 is 0 Å². The quantitative estimate of drug-likeness (QED) is 0.182. The van der Waals surface area contributed by atoms with Gasteiger partial charge in [0.1, 0.15) is 18.1 Å². The fourth-order valence-corrected chi connectivity index (χ4v) is 4.63. The fraction of sp³-hybridized carbons (Fsp3) is 0.724. The third-order valence-electron chi connectivity index (χ3n) is 6.70. The Hall–Kier alpha value is -1.44. The van der Waals surface area contributed by atoms with Gasteiger partial charge in [-0.05, 0) is 68.2 Å². The predicted octanol–water partition coefficient (Wildman–Crippen LogP) is 9.14. The highest BCUT2D eigenvalue weighted by molar-refractivity contribution is 5.31. The lowest BCUT2D eigenvalue weighted by Gasteiger charge is -2.26. The van der Waals surface area contributed by atoms with E-state index in [1.165, 1.54) is 89.9 Å². The van der Waals surface area contributed by atoms with Gasteiger partial charge in [-0.25, -0.2) is 0 Å². The summed E-state index contributed by atoms with van der Waals surface area (Å²) in [6.07, 6.45) is 25.0. The molecule has 0 spiro atoms. The first-order valence-electron chi connectivity index (χ1n) is 13.3. The Labute approximate surface area is 192 Å². The van der Waals surface area contributed by atoms with E-state index in [1.54, 1.807) is 0 Å². The second kappa shape index (κ2) is 17.2. The van der Waals surface area contributed by atoms with E-state index in [0.717, 1.165) is 36.4 Å². The maximum Gasteiger partial charge on any atom is 0.120 e. The van der Waals surface area contributed by atoms with Crippen molar-refractivity contribution in [3.8, 4) is 11.5 Å². The lowest BCUT2D eigenvalue weighted by molar-refractivity contribution is 0.288. The summed E-state index contributed by atoms with van der Waals surface area (Å²) in [5.41, 5.74) is 0. The number of hydrogen-bond donors (Lipinski definition) is 0. The minimum absolute atomic E-state index is 0.661. The maximum atomic E-state index is 5.89. The highest BCUT2D eigenvalue weighted by Gasteiger charge is 2.18. The van der Waals surface area contributed by atoms with Gasteiger partial charge in [0.05, 0.1) is 6.61 Å². The zero-order valence-corrected chi connectivity index (χ0v) is 20.5. The van der Waals surface area contributed by atoms with E-state index in [1.807, 2.05) is 24.3 Å². The van der Waals surface area contributed by atoms with E-state index < -0.39 is 0 Å². The molecule has 1 aliphatic carbocycles. The molecule has 0 aliphatic heterocycles. The standard InChI is InChI=1S/C29H48O2/c1-3-5-7-8-9-10-12-24-30-28-20-22-29(23-21-28)31-25-13-15-27-18-16-26(17-19-27)14-11-6-4-2/h13,15,20-23,26-27H,3-12,14,16-19,24-25H2,1-2H3/b15-13+. The summed E-state index contributed by atoms with van der Waals surface area (Å²) >= 11 is 0. The number of benzene rings is 1. The van der Waals surface area contributed by atoms with Crippen LogP contribution in [0.1, 0.15) is 110 Å². The monoisotopic (exact) mass is 428 g/mol. The van der Waals surface area contributed by atoms with Gasteiger partial charge in [0.15, 0.2) is 0 Å². The minimum atomic E-state index is 0.661. The number of rotatable bonds is 17. The third kappa shape index (κ3) is 12.2. The smallest absolute Gasteiger partial charge is 0.120 e. The first-order valence-corrected chi connectivity index (χ1v) is 13.3. The molecule has 1 aromatic carbocycles. The molecular formula is C29H48O2. The topological polar surface area (TPSA) is 18.5 Å². The van der Waals surface area contributed by atoms with E-state index in [9.17, 15) is 0 Å². The molecule has 0 amide bonds. The SMILES string of the molecule is CCCCCCCCCOc1ccc(OC/C=C/C2CCC(CCCCC)CC2)cc1. The van der Waals surface area contributed by atoms with Crippen LogP contribution >= 0.6 is 0 Å². The number of unbranched alkanes of at least 4 members (excludes halogenated alkanes) is 8. The first kappa shape index (κ1) is 25.8. The molecule has 2 nitrogen and oxygen atoms in total. The van der Waals surface area contributed by atoms with E-state index in [4.69, 9.17) is 9.47 Å². The van der Waals surface area contributed by atoms with Gasteiger partial charge in [-0.2, -0.15) is 0 Å². The zero-order valence-electron chi connectivity index (χ0n) is 20.5. The molecule has 1 fully saturated rings. The van der Waals surface area contributed by atoms with E-state index in [-0.39, 0.29) is 0 Å². The summed E-state index contributed by atoms with van der Waals surface area (Å²) in [5.74, 6) is 3.62. The van der Waals surface area contributed by atoms with Crippen LogP contribution in [0.2, 0.25) is 0 Å². The van der Waals surface area contributed by atoms with E-state index in [2.05, 4.69) is 26.0 Å². The molecule has 0 aromatic heterocycles. The maximum absolute atomic E-state index is 5.89. The van der Waals surface area contributed by atoms with Crippen LogP contribution < -0.4 is 9.47 Å². The van der Waals surface area contributed by atoms with Crippen LogP contribution in [-0.4, -0.2) is 13.2 Å². The second-order valence-corrected chi connectivity index (χ2v) is 9.46. The molecule has 176 valence electrons. The average molecular weight is 429 g/mol. The summed E-state index contributed by atoms with van der Waals surface area (Å²) in [5, 5.41) is 0. The van der Waals surface area contributed by atoms with Crippen molar-refractivity contribution in [2.24, 2.45) is 11.8 Å². The predicted molar refractivity (Wildman–Crippen MR) is 134 cm³/mol. The van der Waals surface area contributed by atoms with Crippen molar-refractivity contribution in [3.63, 3.8) is 0 Å². The van der Waals surface area contributed by atoms with Crippen molar-refractivity contribution in [2.45, 2.75) is 110 Å². The molecule has 2 heteroatoms. The van der Waals surface area contributed by atoms with Gasteiger partial charge in [0, 0.05) is 0 Å². The third-order valence-corrected chi connectivity index (χ3v) is 6.70. The molecule has 1 aliphatic rings. The molecule has 0 saturated heterocycles. The van der Waals surface area contributed by atoms with Gasteiger partial charge in [0.25, 0.3) is 0 Å². The molecule has 1 saturated carbocycles. The molecule has 1 aromatic rings. The van der Waals surface area contributed by atoms with Gasteiger partial charge in [0.2, 0.25) is 0 Å². The Bertz CT molecular complexity index is 555. The van der Waals surface area contributed by atoms with Crippen LogP contribution in [0, 0.1) is 11.8 Å². The molecule has 2 rings (SSSR count). The van der Waals surface area contributed by atoms with Gasteiger partial charge < -0.3 is 9.47 Å². The van der Waals surface area contributed by atoms with Gasteiger partial charge >= 0.3 is 0 Å². The molecule has 0 atom stereocenters. The van der Waals surface area contributed by atoms with Gasteiger partial charge in [-0.15, -0.1) is 0 Å². The van der Waals surface area contributed by atoms with Crippen molar-refractivity contribution in [3.05, 3.63) is 36.4 Å². The summed E-state index contributed by atoms with van der Waals surface area (Å²) in [6.45, 7) is 6.04. The van der Waals surface area contributed by atoms with E-state index >= 15 is 0 Å². The average Bonchev–Trinajstić information content (AvgIpc) is 2.80. The number of ether oxygens (including phenoxy) is 2. The largest absolute Gasteiger partial charge is 0.494 e. The summed E-state index contributed by atoms with van der Waals surface area (Å²) in [4.78, 5) is 0. The van der Waals surface area contributed by atoms with Crippen LogP contribution in [0.15, 0.2) is 36.4 Å². The lowest BCUT2D eigenvalue weighted by atomic mass is 9.79. The molecule has 0 radical (unpaired) electrons. The normalized spacial score (nSPS) is 19.0. The van der Waals surface area contributed by atoms with Crippen LogP contribution in [-0.2, 0) is 0 Å². The van der Waals surface area contributed by atoms with Crippen LogP contribution in [0.25, 0.3) is 0 Å². The van der Waals surface area contributed by atoms with E-state index in [0.29, 0.717) is 6.61 Å².